The molecule has 0 aliphatic carbocycles. The number of methoxy groups -OCH3 is 1. The van der Waals surface area contributed by atoms with Gasteiger partial charge in [-0.3, -0.25) is 0 Å². The van der Waals surface area contributed by atoms with Crippen LogP contribution in [0.2, 0.25) is 0 Å². The molecular formula is C13H29NOS. The highest BCUT2D eigenvalue weighted by Crippen LogP contribution is 2.23. The van der Waals surface area contributed by atoms with Crippen LogP contribution in [0, 0.1) is 0 Å². The largest absolute Gasteiger partial charge is 0.385 e. The first-order valence-electron chi connectivity index (χ1n) is 6.32. The highest BCUT2D eigenvalue weighted by molar-refractivity contribution is 8.00. The predicted octanol–water partition coefficient (Wildman–Crippen LogP) is 3.31. The lowest BCUT2D eigenvalue weighted by Crippen LogP contribution is -2.30. The van der Waals surface area contributed by atoms with E-state index in [2.05, 4.69) is 33.0 Å². The Labute approximate surface area is 106 Å². The summed E-state index contributed by atoms with van der Waals surface area (Å²) >= 11 is 2.03. The minimum absolute atomic E-state index is 0.383. The standard InChI is InChI=1S/C13H29NOS/c1-12(11-16-13(2,3)4)14-9-7-6-8-10-15-5/h12,14H,6-11H2,1-5H3. The summed E-state index contributed by atoms with van der Waals surface area (Å²) in [6, 6.07) is 0.617. The molecule has 0 aliphatic rings. The van der Waals surface area contributed by atoms with Gasteiger partial charge in [0.1, 0.15) is 0 Å². The van der Waals surface area contributed by atoms with Crippen molar-refractivity contribution < 1.29 is 4.74 Å². The zero-order chi connectivity index (χ0) is 12.4. The van der Waals surface area contributed by atoms with Gasteiger partial charge in [0.2, 0.25) is 0 Å². The SMILES string of the molecule is COCCCCCNC(C)CSC(C)(C)C. The van der Waals surface area contributed by atoms with Crippen molar-refractivity contribution >= 4 is 11.8 Å². The topological polar surface area (TPSA) is 21.3 Å². The van der Waals surface area contributed by atoms with Crippen molar-refractivity contribution in [2.24, 2.45) is 0 Å². The molecule has 0 heterocycles. The summed E-state index contributed by atoms with van der Waals surface area (Å²) in [6.45, 7) is 11.1. The number of unbranched alkanes of at least 4 members (excludes halogenated alkanes) is 2. The lowest BCUT2D eigenvalue weighted by molar-refractivity contribution is 0.192. The molecule has 98 valence electrons. The molecule has 0 amide bonds. The molecule has 0 saturated carbocycles. The van der Waals surface area contributed by atoms with Crippen LogP contribution in [-0.2, 0) is 4.74 Å². The molecule has 0 radical (unpaired) electrons. The Bertz CT molecular complexity index is 157. The van der Waals surface area contributed by atoms with Gasteiger partial charge in [-0.1, -0.05) is 20.8 Å². The zero-order valence-electron chi connectivity index (χ0n) is 11.6. The van der Waals surface area contributed by atoms with Crippen molar-refractivity contribution in [3.63, 3.8) is 0 Å². The number of nitrogens with one attached hydrogen (secondary N) is 1. The van der Waals surface area contributed by atoms with Crippen LogP contribution in [0.5, 0.6) is 0 Å². The van der Waals surface area contributed by atoms with E-state index >= 15 is 0 Å². The molecule has 3 heteroatoms. The third kappa shape index (κ3) is 12.3. The summed E-state index contributed by atoms with van der Waals surface area (Å²) in [4.78, 5) is 0. The number of hydrogen-bond donors (Lipinski definition) is 1. The van der Waals surface area contributed by atoms with Crippen LogP contribution < -0.4 is 5.32 Å². The maximum Gasteiger partial charge on any atom is 0.0462 e. The molecule has 1 unspecified atom stereocenters. The number of hydrogen-bond acceptors (Lipinski definition) is 3. The van der Waals surface area contributed by atoms with Crippen LogP contribution in [0.15, 0.2) is 0 Å². The van der Waals surface area contributed by atoms with Crippen LogP contribution in [-0.4, -0.2) is 36.8 Å². The Kier molecular flexibility index (Phi) is 9.47. The molecule has 0 saturated heterocycles. The number of thioether (sulfide) groups is 1. The van der Waals surface area contributed by atoms with Gasteiger partial charge in [0.25, 0.3) is 0 Å². The first kappa shape index (κ1) is 16.3. The van der Waals surface area contributed by atoms with Crippen molar-refractivity contribution in [2.45, 2.75) is 57.7 Å². The lowest BCUT2D eigenvalue weighted by atomic mass is 10.2. The summed E-state index contributed by atoms with van der Waals surface area (Å²) in [7, 11) is 1.77. The van der Waals surface area contributed by atoms with Gasteiger partial charge in [0, 0.05) is 30.3 Å². The highest BCUT2D eigenvalue weighted by atomic mass is 32.2. The van der Waals surface area contributed by atoms with Crippen LogP contribution in [0.25, 0.3) is 0 Å². The van der Waals surface area contributed by atoms with Crippen LogP contribution in [0.3, 0.4) is 0 Å². The van der Waals surface area contributed by atoms with E-state index in [4.69, 9.17) is 4.74 Å². The molecular weight excluding hydrogens is 218 g/mol. The normalized spacial score (nSPS) is 14.1. The maximum atomic E-state index is 5.02. The van der Waals surface area contributed by atoms with Gasteiger partial charge in [-0.25, -0.2) is 0 Å². The molecule has 0 aromatic rings. The molecule has 2 nitrogen and oxygen atoms in total. The maximum absolute atomic E-state index is 5.02. The van der Waals surface area contributed by atoms with E-state index in [1.54, 1.807) is 7.11 Å². The molecule has 0 aromatic carbocycles. The Balaban J connectivity index is 3.27. The van der Waals surface area contributed by atoms with Crippen molar-refractivity contribution in [3.05, 3.63) is 0 Å². The van der Waals surface area contributed by atoms with Crippen LogP contribution >= 0.6 is 11.8 Å². The first-order chi connectivity index (χ1) is 7.45. The average molecular weight is 247 g/mol. The molecule has 0 aliphatic heterocycles. The molecule has 1 N–H and O–H groups in total. The fraction of sp³-hybridized carbons (Fsp3) is 1.00. The molecule has 0 fully saturated rings. The summed E-state index contributed by atoms with van der Waals surface area (Å²) in [5.74, 6) is 1.20. The number of rotatable bonds is 9. The van der Waals surface area contributed by atoms with Gasteiger partial charge in [-0.2, -0.15) is 11.8 Å². The van der Waals surface area contributed by atoms with Gasteiger partial charge in [0.15, 0.2) is 0 Å². The highest BCUT2D eigenvalue weighted by Gasteiger charge is 2.12. The van der Waals surface area contributed by atoms with Gasteiger partial charge in [-0.05, 0) is 32.7 Å². The predicted molar refractivity (Wildman–Crippen MR) is 75.4 cm³/mol. The van der Waals surface area contributed by atoms with E-state index in [1.165, 1.54) is 25.0 Å². The third-order valence-corrected chi connectivity index (χ3v) is 3.82. The summed E-state index contributed by atoms with van der Waals surface area (Å²) in [5.41, 5.74) is 0. The van der Waals surface area contributed by atoms with Gasteiger partial charge >= 0.3 is 0 Å². The fourth-order valence-corrected chi connectivity index (χ4v) is 2.20. The van der Waals surface area contributed by atoms with Crippen LogP contribution in [0.1, 0.15) is 47.0 Å². The Hall–Kier alpha value is 0.270. The quantitative estimate of drug-likeness (QED) is 0.632. The molecule has 16 heavy (non-hydrogen) atoms. The third-order valence-electron chi connectivity index (χ3n) is 2.28. The minimum Gasteiger partial charge on any atom is -0.385 e. The second-order valence-electron chi connectivity index (χ2n) is 5.33. The number of ether oxygens (including phenoxy) is 1. The zero-order valence-corrected chi connectivity index (χ0v) is 12.5. The Morgan fingerprint density at radius 2 is 1.88 bits per heavy atom. The van der Waals surface area contributed by atoms with E-state index in [0.29, 0.717) is 10.8 Å². The van der Waals surface area contributed by atoms with Gasteiger partial charge < -0.3 is 10.1 Å². The molecule has 0 bridgehead atoms. The van der Waals surface area contributed by atoms with Gasteiger partial charge in [0.05, 0.1) is 0 Å². The second kappa shape index (κ2) is 9.32. The van der Waals surface area contributed by atoms with Crippen molar-refractivity contribution in [1.29, 1.82) is 0 Å². The smallest absolute Gasteiger partial charge is 0.0462 e. The molecule has 0 spiro atoms. The van der Waals surface area contributed by atoms with E-state index < -0.39 is 0 Å². The lowest BCUT2D eigenvalue weighted by Gasteiger charge is -2.21. The van der Waals surface area contributed by atoms with E-state index in [1.807, 2.05) is 11.8 Å². The average Bonchev–Trinajstić information content (AvgIpc) is 2.19. The fourth-order valence-electron chi connectivity index (χ4n) is 1.33. The molecule has 0 aromatic heterocycles. The van der Waals surface area contributed by atoms with Crippen molar-refractivity contribution in [2.75, 3.05) is 26.0 Å². The summed E-state index contributed by atoms with van der Waals surface area (Å²) < 4.78 is 5.41. The second-order valence-corrected chi connectivity index (χ2v) is 7.18. The Morgan fingerprint density at radius 3 is 2.44 bits per heavy atom. The van der Waals surface area contributed by atoms with E-state index in [9.17, 15) is 0 Å². The minimum atomic E-state index is 0.383. The van der Waals surface area contributed by atoms with Crippen molar-refractivity contribution in [3.8, 4) is 0 Å². The summed E-state index contributed by atoms with van der Waals surface area (Å²) in [6.07, 6.45) is 3.71. The Morgan fingerprint density at radius 1 is 1.19 bits per heavy atom. The molecule has 1 atom stereocenters. The van der Waals surface area contributed by atoms with Gasteiger partial charge in [-0.15, -0.1) is 0 Å². The summed E-state index contributed by atoms with van der Waals surface area (Å²) in [5, 5.41) is 3.57. The van der Waals surface area contributed by atoms with Crippen molar-refractivity contribution in [1.82, 2.24) is 5.32 Å². The first-order valence-corrected chi connectivity index (χ1v) is 7.30. The van der Waals surface area contributed by atoms with Crippen LogP contribution in [0.4, 0.5) is 0 Å². The monoisotopic (exact) mass is 247 g/mol. The van der Waals surface area contributed by atoms with E-state index in [-0.39, 0.29) is 0 Å². The molecule has 0 rings (SSSR count). The van der Waals surface area contributed by atoms with E-state index in [0.717, 1.165) is 13.2 Å².